The third-order valence-electron chi connectivity index (χ3n) is 4.38. The van der Waals surface area contributed by atoms with E-state index < -0.39 is 0 Å². The Hall–Kier alpha value is -1.06. The molecule has 0 unspecified atom stereocenters. The average molecular weight is 702 g/mol. The van der Waals surface area contributed by atoms with Crippen molar-refractivity contribution in [3.63, 3.8) is 0 Å². The van der Waals surface area contributed by atoms with E-state index in [0.29, 0.717) is 102 Å². The van der Waals surface area contributed by atoms with Crippen molar-refractivity contribution in [3.05, 3.63) is 48.5 Å². The summed E-state index contributed by atoms with van der Waals surface area (Å²) in [6.07, 6.45) is 0. The largest absolute Gasteiger partial charge is 0.487 e. The monoisotopic (exact) mass is 702 g/mol. The van der Waals surface area contributed by atoms with Crippen molar-refractivity contribution in [3.8, 4) is 23.0 Å². The van der Waals surface area contributed by atoms with Crippen LogP contribution in [0.5, 0.6) is 23.0 Å². The van der Waals surface area contributed by atoms with Crippen molar-refractivity contribution in [1.29, 1.82) is 0 Å². The summed E-state index contributed by atoms with van der Waals surface area (Å²) in [4.78, 5) is 0. The fourth-order valence-corrected chi connectivity index (χ4v) is 2.86. The summed E-state index contributed by atoms with van der Waals surface area (Å²) in [5.41, 5.74) is 0. The van der Waals surface area contributed by atoms with E-state index in [1.807, 2.05) is 48.5 Å². The Bertz CT molecular complexity index is 640. The predicted octanol–water partition coefficient (Wildman–Crippen LogP) is 4.75. The molecule has 0 aliphatic carbocycles. The van der Waals surface area contributed by atoms with Gasteiger partial charge in [-0.2, -0.15) is 0 Å². The van der Waals surface area contributed by atoms with Crippen LogP contribution in [0.1, 0.15) is 0 Å². The van der Waals surface area contributed by atoms with E-state index >= 15 is 0 Å². The van der Waals surface area contributed by atoms with Crippen LogP contribution in [0.4, 0.5) is 0 Å². The van der Waals surface area contributed by atoms with Crippen LogP contribution in [0.2, 0.25) is 0 Å². The van der Waals surface area contributed by atoms with Crippen molar-refractivity contribution in [2.45, 2.75) is 0 Å². The van der Waals surface area contributed by atoms with Gasteiger partial charge in [-0.25, -0.2) is 0 Å². The smallest absolute Gasteiger partial charge is 0.161 e. The minimum atomic E-state index is 0.425. The number of para-hydroxylation sites is 4. The highest BCUT2D eigenvalue weighted by atomic mass is 128. The standard InChI is InChI=1S/C24H32O8.I2/c1-2-6-22-21(5-1)29-17-13-25-9-10-27-15-19-31-23-7-3-4-8-24(23)32-20-16-28-12-11-26-14-18-30-22;1-2/h1-8H,9-20H2;. The summed E-state index contributed by atoms with van der Waals surface area (Å²) < 4.78 is 45.3. The van der Waals surface area contributed by atoms with Crippen LogP contribution in [0.3, 0.4) is 0 Å². The highest BCUT2D eigenvalue weighted by molar-refractivity contribution is 15.0. The highest BCUT2D eigenvalue weighted by Crippen LogP contribution is 2.27. The molecule has 0 aromatic heterocycles. The van der Waals surface area contributed by atoms with E-state index in [0.717, 1.165) is 0 Å². The molecule has 0 spiro atoms. The van der Waals surface area contributed by atoms with Crippen LogP contribution in [0, 0.1) is 0 Å². The third kappa shape index (κ3) is 12.6. The van der Waals surface area contributed by atoms with E-state index in [1.165, 1.54) is 0 Å². The lowest BCUT2D eigenvalue weighted by molar-refractivity contribution is 0.0223. The van der Waals surface area contributed by atoms with E-state index in [4.69, 9.17) is 37.9 Å². The summed E-state index contributed by atoms with van der Waals surface area (Å²) in [6.45, 7) is 5.48. The van der Waals surface area contributed by atoms with Gasteiger partial charge in [-0.3, -0.25) is 0 Å². The van der Waals surface area contributed by atoms with Gasteiger partial charge >= 0.3 is 0 Å². The average Bonchev–Trinajstić information content (AvgIpc) is 2.88. The molecule has 2 aromatic carbocycles. The Kier molecular flexibility index (Phi) is 17.3. The SMILES string of the molecule is II.c1ccc2c(c1)OCCOCCOCCOc1ccccc1OCCOCCOCCO2. The van der Waals surface area contributed by atoms with Gasteiger partial charge < -0.3 is 37.9 Å². The highest BCUT2D eigenvalue weighted by Gasteiger charge is 2.06. The van der Waals surface area contributed by atoms with Crippen LogP contribution >= 0.6 is 37.2 Å². The lowest BCUT2D eigenvalue weighted by Gasteiger charge is -2.14. The molecule has 0 atom stereocenters. The summed E-state index contributed by atoms with van der Waals surface area (Å²) in [6, 6.07) is 15.1. The number of halogens is 2. The van der Waals surface area contributed by atoms with Crippen LogP contribution in [0.15, 0.2) is 48.5 Å². The van der Waals surface area contributed by atoms with E-state index in [1.54, 1.807) is 0 Å². The first-order valence-electron chi connectivity index (χ1n) is 11.1. The van der Waals surface area contributed by atoms with Gasteiger partial charge in [0.1, 0.15) is 26.4 Å². The molecule has 0 N–H and O–H groups in total. The van der Waals surface area contributed by atoms with Crippen molar-refractivity contribution >= 4 is 37.2 Å². The molecule has 1 aliphatic heterocycles. The minimum absolute atomic E-state index is 0.425. The maximum absolute atomic E-state index is 5.78. The summed E-state index contributed by atoms with van der Waals surface area (Å²) in [7, 11) is 0. The normalized spacial score (nSPS) is 17.4. The minimum Gasteiger partial charge on any atom is -0.487 e. The van der Waals surface area contributed by atoms with Crippen molar-refractivity contribution < 1.29 is 37.9 Å². The molecule has 10 heteroatoms. The number of rotatable bonds is 0. The van der Waals surface area contributed by atoms with Crippen LogP contribution in [0.25, 0.3) is 0 Å². The van der Waals surface area contributed by atoms with Crippen molar-refractivity contribution in [1.82, 2.24) is 0 Å². The maximum atomic E-state index is 5.78. The van der Waals surface area contributed by atoms with E-state index in [-0.39, 0.29) is 0 Å². The number of benzene rings is 2. The molecule has 1 heterocycles. The van der Waals surface area contributed by atoms with Crippen LogP contribution < -0.4 is 18.9 Å². The molecular formula is C24H32I2O8. The Labute approximate surface area is 224 Å². The van der Waals surface area contributed by atoms with Crippen LogP contribution in [-0.2, 0) is 18.9 Å². The number of hydrogen-bond donors (Lipinski definition) is 0. The van der Waals surface area contributed by atoms with Crippen molar-refractivity contribution in [2.75, 3.05) is 79.3 Å². The quantitative estimate of drug-likeness (QED) is 0.365. The first-order valence-corrected chi connectivity index (χ1v) is 17.4. The molecule has 1 aliphatic rings. The summed E-state index contributed by atoms with van der Waals surface area (Å²) >= 11 is 4.24. The maximum Gasteiger partial charge on any atom is 0.161 e. The van der Waals surface area contributed by atoms with Gasteiger partial charge in [0, 0.05) is 37.2 Å². The molecule has 0 fully saturated rings. The second-order valence-corrected chi connectivity index (χ2v) is 6.74. The van der Waals surface area contributed by atoms with Gasteiger partial charge in [-0.05, 0) is 24.3 Å². The second-order valence-electron chi connectivity index (χ2n) is 6.74. The zero-order valence-electron chi connectivity index (χ0n) is 19.1. The van der Waals surface area contributed by atoms with Crippen molar-refractivity contribution in [2.24, 2.45) is 0 Å². The summed E-state index contributed by atoms with van der Waals surface area (Å²) in [5.74, 6) is 2.73. The second kappa shape index (κ2) is 20.2. The van der Waals surface area contributed by atoms with Gasteiger partial charge in [0.15, 0.2) is 23.0 Å². The number of hydrogen-bond acceptors (Lipinski definition) is 8. The zero-order chi connectivity index (χ0) is 24.1. The molecule has 8 nitrogen and oxygen atoms in total. The number of ether oxygens (including phenoxy) is 8. The molecule has 2 aromatic rings. The van der Waals surface area contributed by atoms with E-state index in [9.17, 15) is 0 Å². The van der Waals surface area contributed by atoms with Crippen LogP contribution in [-0.4, -0.2) is 79.3 Å². The Balaban J connectivity index is 0.00000199. The molecule has 0 amide bonds. The molecule has 0 bridgehead atoms. The Morgan fingerprint density at radius 3 is 0.794 bits per heavy atom. The van der Waals surface area contributed by atoms with Gasteiger partial charge in [-0.1, -0.05) is 24.3 Å². The third-order valence-corrected chi connectivity index (χ3v) is 4.38. The first kappa shape index (κ1) is 29.2. The number of fused-ring (bicyclic) bond motifs is 2. The molecule has 190 valence electrons. The van der Waals surface area contributed by atoms with E-state index in [2.05, 4.69) is 37.2 Å². The summed E-state index contributed by atoms with van der Waals surface area (Å²) in [5, 5.41) is 0. The first-order chi connectivity index (χ1) is 16.9. The lowest BCUT2D eigenvalue weighted by atomic mass is 10.3. The fourth-order valence-electron chi connectivity index (χ4n) is 2.86. The molecule has 0 saturated carbocycles. The van der Waals surface area contributed by atoms with Gasteiger partial charge in [0.25, 0.3) is 0 Å². The van der Waals surface area contributed by atoms with Gasteiger partial charge in [0.2, 0.25) is 0 Å². The van der Waals surface area contributed by atoms with Gasteiger partial charge in [-0.15, -0.1) is 0 Å². The molecule has 0 radical (unpaired) electrons. The fraction of sp³-hybridized carbons (Fsp3) is 0.500. The van der Waals surface area contributed by atoms with Gasteiger partial charge in [0.05, 0.1) is 52.9 Å². The zero-order valence-corrected chi connectivity index (χ0v) is 23.4. The topological polar surface area (TPSA) is 73.8 Å². The predicted molar refractivity (Wildman–Crippen MR) is 146 cm³/mol. The molecule has 34 heavy (non-hydrogen) atoms. The molecular weight excluding hydrogens is 670 g/mol. The molecule has 3 rings (SSSR count). The molecule has 0 saturated heterocycles. The Morgan fingerprint density at radius 1 is 0.353 bits per heavy atom. The Morgan fingerprint density at radius 2 is 0.559 bits per heavy atom. The lowest BCUT2D eigenvalue weighted by Crippen LogP contribution is -2.15.